The standard InChI is InChI=1S/C3H5BN2/c4-3(1-5)2-6/h1-3,5-6H. The minimum Gasteiger partial charge on any atom is -0.313 e. The van der Waals surface area contributed by atoms with Crippen molar-refractivity contribution in [3.05, 3.63) is 0 Å². The smallest absolute Gasteiger partial charge is 0.0853 e. The fraction of sp³-hybridized carbons (Fsp3) is 0.333. The lowest BCUT2D eigenvalue weighted by Crippen LogP contribution is -1.90. The van der Waals surface area contributed by atoms with E-state index in [1.807, 2.05) is 0 Å². The molecule has 0 heterocycles. The largest absolute Gasteiger partial charge is 0.313 e. The Balaban J connectivity index is 3.21. The highest BCUT2D eigenvalue weighted by molar-refractivity contribution is 6.29. The Bertz CT molecular complexity index is 53.8. The molecule has 0 saturated heterocycles. The predicted molar refractivity (Wildman–Crippen MR) is 27.1 cm³/mol. The Morgan fingerprint density at radius 3 is 1.67 bits per heavy atom. The number of hydrogen-bond donors (Lipinski definition) is 2. The van der Waals surface area contributed by atoms with Gasteiger partial charge in [0, 0.05) is 0 Å². The topological polar surface area (TPSA) is 47.7 Å². The van der Waals surface area contributed by atoms with Crippen LogP contribution in [0.4, 0.5) is 0 Å². The van der Waals surface area contributed by atoms with Gasteiger partial charge < -0.3 is 10.8 Å². The van der Waals surface area contributed by atoms with Crippen LogP contribution in [-0.2, 0) is 0 Å². The first-order valence-corrected chi connectivity index (χ1v) is 1.58. The first kappa shape index (κ1) is 5.40. The normalized spacial score (nSPS) is 12.7. The number of nitrogens with one attached hydrogen (secondary N) is 2. The van der Waals surface area contributed by atoms with Gasteiger partial charge in [0.2, 0.25) is 0 Å². The minimum atomic E-state index is -0.481. The summed E-state index contributed by atoms with van der Waals surface area (Å²) in [4.78, 5) is 0. The van der Waals surface area contributed by atoms with E-state index < -0.39 is 5.82 Å². The molecule has 0 rings (SSSR count). The molecule has 0 aliphatic rings. The van der Waals surface area contributed by atoms with Crippen LogP contribution in [-0.4, -0.2) is 20.3 Å². The van der Waals surface area contributed by atoms with Crippen LogP contribution in [0.3, 0.4) is 0 Å². The molecule has 0 fully saturated rings. The molecule has 0 amide bonds. The first-order valence-electron chi connectivity index (χ1n) is 1.58. The molecule has 2 nitrogen and oxygen atoms in total. The molecule has 0 spiro atoms. The second kappa shape index (κ2) is 2.63. The number of hydrogen-bond acceptors (Lipinski definition) is 2. The number of rotatable bonds is 2. The van der Waals surface area contributed by atoms with E-state index >= 15 is 0 Å². The zero-order valence-corrected chi connectivity index (χ0v) is 3.31. The molecule has 6 heavy (non-hydrogen) atoms. The molecule has 0 aromatic rings. The van der Waals surface area contributed by atoms with Gasteiger partial charge in [0.25, 0.3) is 0 Å². The second-order valence-electron chi connectivity index (χ2n) is 0.911. The summed E-state index contributed by atoms with van der Waals surface area (Å²) in [6.07, 6.45) is 2.01. The third kappa shape index (κ3) is 1.70. The van der Waals surface area contributed by atoms with Crippen molar-refractivity contribution in [2.45, 2.75) is 5.82 Å². The Kier molecular flexibility index (Phi) is 2.37. The van der Waals surface area contributed by atoms with Gasteiger partial charge in [-0.15, -0.1) is 0 Å². The Morgan fingerprint density at radius 2 is 1.67 bits per heavy atom. The van der Waals surface area contributed by atoms with E-state index in [9.17, 15) is 0 Å². The lowest BCUT2D eigenvalue weighted by molar-refractivity contribution is 1.45. The maximum absolute atomic E-state index is 6.41. The Morgan fingerprint density at radius 1 is 1.33 bits per heavy atom. The summed E-state index contributed by atoms with van der Waals surface area (Å²) >= 11 is 0. The third-order valence-electron chi connectivity index (χ3n) is 0.385. The van der Waals surface area contributed by atoms with Crippen LogP contribution in [0.1, 0.15) is 0 Å². The van der Waals surface area contributed by atoms with E-state index in [0.29, 0.717) is 0 Å². The molecule has 0 saturated carbocycles. The molecule has 0 unspecified atom stereocenters. The van der Waals surface area contributed by atoms with E-state index in [1.165, 1.54) is 0 Å². The fourth-order valence-corrected chi connectivity index (χ4v) is 0.0481. The lowest BCUT2D eigenvalue weighted by Gasteiger charge is -1.85. The van der Waals surface area contributed by atoms with Crippen molar-refractivity contribution in [1.29, 1.82) is 10.8 Å². The molecule has 0 bridgehead atoms. The van der Waals surface area contributed by atoms with Crippen LogP contribution in [0.25, 0.3) is 0 Å². The van der Waals surface area contributed by atoms with Gasteiger partial charge in [0.05, 0.1) is 7.85 Å². The third-order valence-corrected chi connectivity index (χ3v) is 0.385. The second-order valence-corrected chi connectivity index (χ2v) is 0.911. The molecular weight excluding hydrogens is 74.9 g/mol. The maximum Gasteiger partial charge on any atom is 0.0853 e. The van der Waals surface area contributed by atoms with Crippen molar-refractivity contribution < 1.29 is 0 Å². The van der Waals surface area contributed by atoms with Gasteiger partial charge in [0.1, 0.15) is 0 Å². The average Bonchev–Trinajstić information content (AvgIpc) is 1.65. The SMILES string of the molecule is [B]C(C=N)C=N. The molecule has 0 aromatic heterocycles. The Hall–Kier alpha value is -0.595. The monoisotopic (exact) mass is 80.1 g/mol. The van der Waals surface area contributed by atoms with Crippen LogP contribution in [0.5, 0.6) is 0 Å². The average molecular weight is 79.9 g/mol. The summed E-state index contributed by atoms with van der Waals surface area (Å²) in [5.41, 5.74) is 0. The zero-order chi connectivity index (χ0) is 4.99. The lowest BCUT2D eigenvalue weighted by atomic mass is 9.90. The van der Waals surface area contributed by atoms with E-state index in [2.05, 4.69) is 0 Å². The summed E-state index contributed by atoms with van der Waals surface area (Å²) in [6, 6.07) is 0. The van der Waals surface area contributed by atoms with Crippen molar-refractivity contribution in [1.82, 2.24) is 0 Å². The van der Waals surface area contributed by atoms with Crippen molar-refractivity contribution in [2.24, 2.45) is 0 Å². The van der Waals surface area contributed by atoms with Gasteiger partial charge in [-0.25, -0.2) is 0 Å². The van der Waals surface area contributed by atoms with Crippen molar-refractivity contribution in [2.75, 3.05) is 0 Å². The van der Waals surface area contributed by atoms with Crippen LogP contribution < -0.4 is 0 Å². The molecule has 0 aromatic carbocycles. The van der Waals surface area contributed by atoms with Gasteiger partial charge in [0.15, 0.2) is 0 Å². The summed E-state index contributed by atoms with van der Waals surface area (Å²) in [6.45, 7) is 0. The molecule has 2 N–H and O–H groups in total. The van der Waals surface area contributed by atoms with Crippen LogP contribution in [0.15, 0.2) is 0 Å². The maximum atomic E-state index is 6.41. The highest BCUT2D eigenvalue weighted by atomic mass is 14.4. The highest BCUT2D eigenvalue weighted by Crippen LogP contribution is 1.80. The molecule has 0 aliphatic carbocycles. The van der Waals surface area contributed by atoms with Gasteiger partial charge in [-0.2, -0.15) is 0 Å². The van der Waals surface area contributed by atoms with Gasteiger partial charge in [-0.3, -0.25) is 0 Å². The Labute approximate surface area is 38.0 Å². The van der Waals surface area contributed by atoms with Crippen molar-refractivity contribution >= 4 is 20.3 Å². The quantitative estimate of drug-likeness (QED) is 0.352. The summed E-state index contributed by atoms with van der Waals surface area (Å²) < 4.78 is 0. The zero-order valence-electron chi connectivity index (χ0n) is 3.31. The van der Waals surface area contributed by atoms with Gasteiger partial charge in [-0.05, 0) is 18.2 Å². The van der Waals surface area contributed by atoms with E-state index in [1.54, 1.807) is 0 Å². The van der Waals surface area contributed by atoms with Gasteiger partial charge in [-0.1, -0.05) is 0 Å². The molecule has 30 valence electrons. The molecule has 0 atom stereocenters. The van der Waals surface area contributed by atoms with E-state index in [0.717, 1.165) is 12.4 Å². The fourth-order valence-electron chi connectivity index (χ4n) is 0.0481. The minimum absolute atomic E-state index is 0.481. The molecular formula is C3H5BN2. The van der Waals surface area contributed by atoms with E-state index in [4.69, 9.17) is 18.7 Å². The van der Waals surface area contributed by atoms with Gasteiger partial charge >= 0.3 is 0 Å². The predicted octanol–water partition coefficient (Wildman–Crippen LogP) is 0.243. The van der Waals surface area contributed by atoms with Crippen LogP contribution in [0.2, 0.25) is 5.82 Å². The summed E-state index contributed by atoms with van der Waals surface area (Å²) in [5.74, 6) is -0.481. The molecule has 3 heteroatoms. The van der Waals surface area contributed by atoms with Crippen LogP contribution >= 0.6 is 0 Å². The van der Waals surface area contributed by atoms with Crippen molar-refractivity contribution in [3.8, 4) is 0 Å². The summed E-state index contributed by atoms with van der Waals surface area (Å²) in [5, 5.41) is 12.8. The van der Waals surface area contributed by atoms with Crippen molar-refractivity contribution in [3.63, 3.8) is 0 Å². The highest BCUT2D eigenvalue weighted by Gasteiger charge is 1.82. The van der Waals surface area contributed by atoms with E-state index in [-0.39, 0.29) is 0 Å². The molecule has 0 aliphatic heterocycles. The summed E-state index contributed by atoms with van der Waals surface area (Å²) in [7, 11) is 4.99. The first-order chi connectivity index (χ1) is 2.81. The molecule has 2 radical (unpaired) electrons. The van der Waals surface area contributed by atoms with Crippen LogP contribution in [0, 0.1) is 10.8 Å².